The van der Waals surface area contributed by atoms with Crippen molar-refractivity contribution < 1.29 is 18.3 Å². The second-order valence-electron chi connectivity index (χ2n) is 4.72. The van der Waals surface area contributed by atoms with Crippen molar-refractivity contribution in [3.05, 3.63) is 24.5 Å². The molecule has 2 heterocycles. The van der Waals surface area contributed by atoms with Crippen molar-refractivity contribution >= 4 is 16.0 Å². The van der Waals surface area contributed by atoms with Gasteiger partial charge in [-0.25, -0.2) is 8.42 Å². The molecule has 0 aliphatic carbocycles. The first-order valence-electron chi connectivity index (χ1n) is 6.06. The number of rotatable bonds is 4. The number of carboxylic acid groups (broad SMARTS) is 1. The second kappa shape index (κ2) is 4.90. The molecule has 0 spiro atoms. The molecule has 1 aliphatic rings. The van der Waals surface area contributed by atoms with Gasteiger partial charge in [0.1, 0.15) is 4.90 Å². The molecule has 1 saturated heterocycles. The Hall–Kier alpha value is -1.47. The first-order chi connectivity index (χ1) is 8.92. The van der Waals surface area contributed by atoms with Gasteiger partial charge in [-0.15, -0.1) is 0 Å². The highest BCUT2D eigenvalue weighted by molar-refractivity contribution is 7.89. The normalized spacial score (nSPS) is 24.5. The van der Waals surface area contributed by atoms with Gasteiger partial charge < -0.3 is 5.11 Å². The molecule has 6 nitrogen and oxygen atoms in total. The Balaban J connectivity index is 2.29. The Morgan fingerprint density at radius 1 is 1.58 bits per heavy atom. The minimum Gasteiger partial charge on any atom is -0.481 e. The molecule has 1 N–H and O–H groups in total. The molecule has 0 radical (unpaired) electrons. The van der Waals surface area contributed by atoms with Crippen molar-refractivity contribution in [2.45, 2.75) is 24.7 Å². The average Bonchev–Trinajstić information content (AvgIpc) is 2.86. The Kier molecular flexibility index (Phi) is 3.60. The Morgan fingerprint density at radius 3 is 2.79 bits per heavy atom. The van der Waals surface area contributed by atoms with Crippen LogP contribution < -0.4 is 0 Å². The zero-order valence-electron chi connectivity index (χ0n) is 10.6. The molecule has 104 valence electrons. The highest BCUT2D eigenvalue weighted by atomic mass is 32.2. The third kappa shape index (κ3) is 2.35. The minimum absolute atomic E-state index is 0.0239. The number of pyridine rings is 1. The van der Waals surface area contributed by atoms with Gasteiger partial charge in [-0.3, -0.25) is 9.78 Å². The van der Waals surface area contributed by atoms with E-state index in [4.69, 9.17) is 0 Å². The van der Waals surface area contributed by atoms with Crippen molar-refractivity contribution in [2.24, 2.45) is 5.41 Å². The van der Waals surface area contributed by atoms with Gasteiger partial charge in [0.25, 0.3) is 0 Å². The maximum atomic E-state index is 12.4. The summed E-state index contributed by atoms with van der Waals surface area (Å²) < 4.78 is 25.9. The molecular weight excluding hydrogens is 268 g/mol. The molecule has 1 atom stereocenters. The summed E-state index contributed by atoms with van der Waals surface area (Å²) in [7, 11) is -3.65. The van der Waals surface area contributed by atoms with Crippen LogP contribution in [0.15, 0.2) is 29.4 Å². The number of nitrogens with zero attached hydrogens (tertiary/aromatic N) is 2. The quantitative estimate of drug-likeness (QED) is 0.889. The van der Waals surface area contributed by atoms with E-state index in [2.05, 4.69) is 4.98 Å². The molecule has 1 aromatic heterocycles. The number of hydrogen-bond acceptors (Lipinski definition) is 4. The van der Waals surface area contributed by atoms with Gasteiger partial charge in [-0.1, -0.05) is 6.92 Å². The number of carboxylic acids is 1. The molecule has 7 heteroatoms. The van der Waals surface area contributed by atoms with E-state index in [1.807, 2.05) is 0 Å². The van der Waals surface area contributed by atoms with Gasteiger partial charge in [0, 0.05) is 25.5 Å². The Morgan fingerprint density at radius 2 is 2.32 bits per heavy atom. The molecule has 0 amide bonds. The summed E-state index contributed by atoms with van der Waals surface area (Å²) in [5.41, 5.74) is -0.963. The molecule has 1 aliphatic heterocycles. The zero-order valence-corrected chi connectivity index (χ0v) is 11.4. The molecule has 2 rings (SSSR count). The predicted octanol–water partition coefficient (Wildman–Crippen LogP) is 0.957. The molecule has 0 bridgehead atoms. The van der Waals surface area contributed by atoms with Gasteiger partial charge in [-0.05, 0) is 25.0 Å². The molecule has 1 unspecified atom stereocenters. The largest absolute Gasteiger partial charge is 0.481 e. The standard InChI is InChI=1S/C12H16N2O4S/c1-2-12(11(15)16)5-7-14(9-12)19(17,18)10-4-3-6-13-8-10/h3-4,6,8H,2,5,7,9H2,1H3,(H,15,16). The van der Waals surface area contributed by atoms with Crippen molar-refractivity contribution in [1.29, 1.82) is 0 Å². The van der Waals surface area contributed by atoms with Crippen LogP contribution in [-0.4, -0.2) is 41.9 Å². The lowest BCUT2D eigenvalue weighted by Gasteiger charge is -2.22. The molecule has 0 saturated carbocycles. The first kappa shape index (κ1) is 14.0. The second-order valence-corrected chi connectivity index (χ2v) is 6.65. The molecule has 19 heavy (non-hydrogen) atoms. The van der Waals surface area contributed by atoms with Gasteiger partial charge in [-0.2, -0.15) is 4.31 Å². The molecular formula is C12H16N2O4S. The van der Waals surface area contributed by atoms with Crippen molar-refractivity contribution in [2.75, 3.05) is 13.1 Å². The molecule has 0 aromatic carbocycles. The fourth-order valence-corrected chi connectivity index (χ4v) is 3.79. The van der Waals surface area contributed by atoms with Crippen LogP contribution in [0.5, 0.6) is 0 Å². The highest BCUT2D eigenvalue weighted by Gasteiger charge is 2.47. The Bertz CT molecular complexity index is 573. The summed E-state index contributed by atoms with van der Waals surface area (Å²) in [4.78, 5) is 15.2. The number of hydrogen-bond donors (Lipinski definition) is 1. The average molecular weight is 284 g/mol. The van der Waals surface area contributed by atoms with Gasteiger partial charge in [0.15, 0.2) is 0 Å². The van der Waals surface area contributed by atoms with Crippen molar-refractivity contribution in [3.63, 3.8) is 0 Å². The maximum Gasteiger partial charge on any atom is 0.311 e. The van der Waals surface area contributed by atoms with Crippen LogP contribution >= 0.6 is 0 Å². The van der Waals surface area contributed by atoms with E-state index in [1.165, 1.54) is 22.8 Å². The third-order valence-electron chi connectivity index (χ3n) is 3.72. The SMILES string of the molecule is CCC1(C(=O)O)CCN(S(=O)(=O)c2cccnc2)C1. The summed E-state index contributed by atoms with van der Waals surface area (Å²) in [6.45, 7) is 2.03. The van der Waals surface area contributed by atoms with Gasteiger partial charge >= 0.3 is 5.97 Å². The van der Waals surface area contributed by atoms with E-state index in [-0.39, 0.29) is 18.0 Å². The zero-order chi connectivity index (χ0) is 14.1. The Labute approximate surface area is 112 Å². The van der Waals surface area contributed by atoms with Crippen LogP contribution in [0.3, 0.4) is 0 Å². The lowest BCUT2D eigenvalue weighted by molar-refractivity contribution is -0.148. The minimum atomic E-state index is -3.65. The fraction of sp³-hybridized carbons (Fsp3) is 0.500. The van der Waals surface area contributed by atoms with E-state index < -0.39 is 21.4 Å². The van der Waals surface area contributed by atoms with E-state index in [9.17, 15) is 18.3 Å². The number of aromatic nitrogens is 1. The summed E-state index contributed by atoms with van der Waals surface area (Å²) in [5, 5.41) is 9.28. The fourth-order valence-electron chi connectivity index (χ4n) is 2.30. The lowest BCUT2D eigenvalue weighted by Crippen LogP contribution is -2.36. The predicted molar refractivity (Wildman–Crippen MR) is 68.0 cm³/mol. The lowest BCUT2D eigenvalue weighted by atomic mass is 9.85. The monoisotopic (exact) mass is 284 g/mol. The smallest absolute Gasteiger partial charge is 0.311 e. The highest BCUT2D eigenvalue weighted by Crippen LogP contribution is 2.36. The van der Waals surface area contributed by atoms with Crippen molar-refractivity contribution in [1.82, 2.24) is 9.29 Å². The third-order valence-corrected chi connectivity index (χ3v) is 5.55. The van der Waals surface area contributed by atoms with Crippen molar-refractivity contribution in [3.8, 4) is 0 Å². The topological polar surface area (TPSA) is 87.6 Å². The van der Waals surface area contributed by atoms with E-state index >= 15 is 0 Å². The van der Waals surface area contributed by atoms with Crippen LogP contribution in [0.1, 0.15) is 19.8 Å². The van der Waals surface area contributed by atoms with E-state index in [0.717, 1.165) is 0 Å². The number of sulfonamides is 1. The van der Waals surface area contributed by atoms with Gasteiger partial charge in [0.05, 0.1) is 5.41 Å². The summed E-state index contributed by atoms with van der Waals surface area (Å²) in [6.07, 6.45) is 3.54. The van der Waals surface area contributed by atoms with Crippen LogP contribution in [0.25, 0.3) is 0 Å². The molecule has 1 fully saturated rings. The van der Waals surface area contributed by atoms with Crippen LogP contribution in [-0.2, 0) is 14.8 Å². The first-order valence-corrected chi connectivity index (χ1v) is 7.50. The maximum absolute atomic E-state index is 12.4. The summed E-state index contributed by atoms with van der Waals surface area (Å²) in [6, 6.07) is 3.02. The van der Waals surface area contributed by atoms with Crippen LogP contribution in [0.2, 0.25) is 0 Å². The van der Waals surface area contributed by atoms with Gasteiger partial charge in [0.2, 0.25) is 10.0 Å². The number of aliphatic carboxylic acids is 1. The van der Waals surface area contributed by atoms with Crippen LogP contribution in [0, 0.1) is 5.41 Å². The number of carbonyl (C=O) groups is 1. The van der Waals surface area contributed by atoms with E-state index in [0.29, 0.717) is 12.8 Å². The summed E-state index contributed by atoms with van der Waals surface area (Å²) >= 11 is 0. The van der Waals surface area contributed by atoms with Crippen LogP contribution in [0.4, 0.5) is 0 Å². The molecule has 1 aromatic rings. The van der Waals surface area contributed by atoms with E-state index in [1.54, 1.807) is 13.0 Å². The summed E-state index contributed by atoms with van der Waals surface area (Å²) in [5.74, 6) is -0.932.